The summed E-state index contributed by atoms with van der Waals surface area (Å²) in [6.07, 6.45) is 3.83. The molecule has 0 saturated carbocycles. The summed E-state index contributed by atoms with van der Waals surface area (Å²) in [6, 6.07) is 9.07. The van der Waals surface area contributed by atoms with Crippen molar-refractivity contribution in [3.63, 3.8) is 0 Å². The molecule has 1 atom stereocenters. The zero-order valence-electron chi connectivity index (χ0n) is 12.5. The Hall–Kier alpha value is -0.860. The van der Waals surface area contributed by atoms with Crippen LogP contribution >= 0.6 is 0 Å². The van der Waals surface area contributed by atoms with Gasteiger partial charge in [-0.2, -0.15) is 0 Å². The van der Waals surface area contributed by atoms with E-state index in [1.54, 1.807) is 0 Å². The molecule has 2 rings (SSSR count). The normalized spacial score (nSPS) is 25.5. The summed E-state index contributed by atoms with van der Waals surface area (Å²) in [6.45, 7) is 8.73. The van der Waals surface area contributed by atoms with Crippen LogP contribution in [0.25, 0.3) is 0 Å². The number of hydrogen-bond donors (Lipinski definition) is 1. The molecule has 1 unspecified atom stereocenters. The highest BCUT2D eigenvalue weighted by atomic mass is 16.3. The lowest BCUT2D eigenvalue weighted by Crippen LogP contribution is -2.33. The van der Waals surface area contributed by atoms with Crippen LogP contribution in [0.1, 0.15) is 51.2 Å². The highest BCUT2D eigenvalue weighted by Gasteiger charge is 2.32. The molecule has 0 aliphatic carbocycles. The van der Waals surface area contributed by atoms with Crippen LogP contribution in [0.5, 0.6) is 0 Å². The molecule has 1 aliphatic heterocycles. The molecule has 19 heavy (non-hydrogen) atoms. The minimum absolute atomic E-state index is 0.573. The molecule has 1 aliphatic rings. The van der Waals surface area contributed by atoms with Gasteiger partial charge in [-0.25, -0.2) is 0 Å². The number of benzene rings is 1. The summed E-state index contributed by atoms with van der Waals surface area (Å²) in [5.41, 5.74) is 1.79. The number of nitrogens with zero attached hydrogens (tertiary/aromatic N) is 1. The van der Waals surface area contributed by atoms with Crippen molar-refractivity contribution in [3.8, 4) is 0 Å². The summed E-state index contributed by atoms with van der Waals surface area (Å²) in [7, 11) is 0. The van der Waals surface area contributed by atoms with Gasteiger partial charge in [0.15, 0.2) is 0 Å². The van der Waals surface area contributed by atoms with Crippen LogP contribution in [0.15, 0.2) is 24.3 Å². The third-order valence-electron chi connectivity index (χ3n) is 4.45. The molecule has 0 aromatic heterocycles. The van der Waals surface area contributed by atoms with Crippen molar-refractivity contribution in [3.05, 3.63) is 35.4 Å². The monoisotopic (exact) mass is 261 g/mol. The Morgan fingerprint density at radius 3 is 2.74 bits per heavy atom. The summed E-state index contributed by atoms with van der Waals surface area (Å²) in [5, 5.41) is 11.0. The molecule has 0 radical (unpaired) electrons. The fraction of sp³-hybridized carbons (Fsp3) is 0.647. The molecule has 1 aromatic rings. The van der Waals surface area contributed by atoms with Crippen molar-refractivity contribution in [2.45, 2.75) is 58.1 Å². The molecular weight excluding hydrogens is 234 g/mol. The Bertz CT molecular complexity index is 415. The lowest BCUT2D eigenvalue weighted by atomic mass is 9.86. The van der Waals surface area contributed by atoms with Gasteiger partial charge in [-0.05, 0) is 57.2 Å². The Morgan fingerprint density at radius 2 is 2.05 bits per heavy atom. The van der Waals surface area contributed by atoms with Crippen molar-refractivity contribution >= 4 is 0 Å². The number of rotatable bonds is 3. The van der Waals surface area contributed by atoms with E-state index in [4.69, 9.17) is 0 Å². The molecule has 0 bridgehead atoms. The van der Waals surface area contributed by atoms with Gasteiger partial charge in [-0.1, -0.05) is 31.2 Å². The van der Waals surface area contributed by atoms with Crippen LogP contribution in [0.2, 0.25) is 0 Å². The van der Waals surface area contributed by atoms with E-state index < -0.39 is 5.60 Å². The third-order valence-corrected chi connectivity index (χ3v) is 4.45. The maximum atomic E-state index is 11.0. The molecule has 2 heteroatoms. The molecule has 1 N–H and O–H groups in total. The first-order valence-electron chi connectivity index (χ1n) is 7.61. The zero-order valence-corrected chi connectivity index (χ0v) is 12.5. The van der Waals surface area contributed by atoms with E-state index in [0.29, 0.717) is 6.04 Å². The minimum Gasteiger partial charge on any atom is -0.385 e. The van der Waals surface area contributed by atoms with Gasteiger partial charge in [0, 0.05) is 12.6 Å². The number of aryl methyl sites for hydroxylation is 1. The average molecular weight is 261 g/mol. The van der Waals surface area contributed by atoms with Crippen molar-refractivity contribution < 1.29 is 5.11 Å². The SMILES string of the molecule is CCc1cccc(C2(O)CCCN(C(C)C)CC2)c1. The topological polar surface area (TPSA) is 23.5 Å². The fourth-order valence-corrected chi connectivity index (χ4v) is 3.03. The van der Waals surface area contributed by atoms with Crippen molar-refractivity contribution in [2.75, 3.05) is 13.1 Å². The van der Waals surface area contributed by atoms with Gasteiger partial charge in [0.25, 0.3) is 0 Å². The van der Waals surface area contributed by atoms with Gasteiger partial charge >= 0.3 is 0 Å². The van der Waals surface area contributed by atoms with Crippen molar-refractivity contribution in [2.24, 2.45) is 0 Å². The summed E-state index contributed by atoms with van der Waals surface area (Å²) >= 11 is 0. The van der Waals surface area contributed by atoms with Crippen LogP contribution < -0.4 is 0 Å². The van der Waals surface area contributed by atoms with Gasteiger partial charge < -0.3 is 10.0 Å². The summed E-state index contributed by atoms with van der Waals surface area (Å²) in [4.78, 5) is 2.47. The highest BCUT2D eigenvalue weighted by molar-refractivity contribution is 5.28. The first-order chi connectivity index (χ1) is 9.05. The summed E-state index contributed by atoms with van der Waals surface area (Å²) in [5.74, 6) is 0. The molecule has 0 spiro atoms. The van der Waals surface area contributed by atoms with E-state index in [-0.39, 0.29) is 0 Å². The van der Waals surface area contributed by atoms with Crippen LogP contribution in [0.4, 0.5) is 0 Å². The fourth-order valence-electron chi connectivity index (χ4n) is 3.03. The van der Waals surface area contributed by atoms with Crippen molar-refractivity contribution in [1.82, 2.24) is 4.90 Å². The van der Waals surface area contributed by atoms with E-state index in [1.807, 2.05) is 0 Å². The predicted octanol–water partition coefficient (Wildman–Crippen LogP) is 3.33. The van der Waals surface area contributed by atoms with E-state index in [9.17, 15) is 5.11 Å². The molecule has 106 valence electrons. The maximum absolute atomic E-state index is 11.0. The number of likely N-dealkylation sites (tertiary alicyclic amines) is 1. The predicted molar refractivity (Wildman–Crippen MR) is 80.3 cm³/mol. The third kappa shape index (κ3) is 3.37. The van der Waals surface area contributed by atoms with Crippen LogP contribution in [-0.2, 0) is 12.0 Å². The Morgan fingerprint density at radius 1 is 1.26 bits per heavy atom. The second-order valence-corrected chi connectivity index (χ2v) is 6.07. The lowest BCUT2D eigenvalue weighted by Gasteiger charge is -2.29. The molecule has 1 fully saturated rings. The van der Waals surface area contributed by atoms with E-state index >= 15 is 0 Å². The average Bonchev–Trinajstić information content (AvgIpc) is 2.62. The Labute approximate surface area is 117 Å². The van der Waals surface area contributed by atoms with Gasteiger partial charge in [-0.15, -0.1) is 0 Å². The lowest BCUT2D eigenvalue weighted by molar-refractivity contribution is 0.0203. The van der Waals surface area contributed by atoms with E-state index in [0.717, 1.165) is 44.3 Å². The molecule has 1 heterocycles. The second kappa shape index (κ2) is 6.06. The van der Waals surface area contributed by atoms with Gasteiger partial charge in [-0.3, -0.25) is 0 Å². The first-order valence-corrected chi connectivity index (χ1v) is 7.61. The molecule has 1 saturated heterocycles. The highest BCUT2D eigenvalue weighted by Crippen LogP contribution is 2.33. The van der Waals surface area contributed by atoms with Crippen molar-refractivity contribution in [1.29, 1.82) is 0 Å². The Kier molecular flexibility index (Phi) is 4.64. The van der Waals surface area contributed by atoms with Crippen LogP contribution in [0.3, 0.4) is 0 Å². The van der Waals surface area contributed by atoms with Crippen LogP contribution in [-0.4, -0.2) is 29.1 Å². The van der Waals surface area contributed by atoms with Crippen LogP contribution in [0, 0.1) is 0 Å². The van der Waals surface area contributed by atoms with Gasteiger partial charge in [0.2, 0.25) is 0 Å². The standard InChI is InChI=1S/C17H27NO/c1-4-15-7-5-8-16(13-15)17(19)9-6-11-18(12-10-17)14(2)3/h5,7-8,13-14,19H,4,6,9-12H2,1-3H3. The Balaban J connectivity index is 2.17. The van der Waals surface area contributed by atoms with E-state index in [1.165, 1.54) is 5.56 Å². The smallest absolute Gasteiger partial charge is 0.0909 e. The largest absolute Gasteiger partial charge is 0.385 e. The summed E-state index contributed by atoms with van der Waals surface area (Å²) < 4.78 is 0. The quantitative estimate of drug-likeness (QED) is 0.902. The molecule has 0 amide bonds. The number of aliphatic hydroxyl groups is 1. The minimum atomic E-state index is -0.630. The van der Waals surface area contributed by atoms with Gasteiger partial charge in [0.1, 0.15) is 0 Å². The molecular formula is C17H27NO. The zero-order chi connectivity index (χ0) is 13.9. The second-order valence-electron chi connectivity index (χ2n) is 6.07. The maximum Gasteiger partial charge on any atom is 0.0909 e. The molecule has 1 aromatic carbocycles. The molecule has 2 nitrogen and oxygen atoms in total. The first kappa shape index (κ1) is 14.5. The van der Waals surface area contributed by atoms with Gasteiger partial charge in [0.05, 0.1) is 5.60 Å². The number of hydrogen-bond acceptors (Lipinski definition) is 2. The van der Waals surface area contributed by atoms with E-state index in [2.05, 4.69) is 49.9 Å².